The van der Waals surface area contributed by atoms with Crippen LogP contribution in [0.15, 0.2) is 24.3 Å². The van der Waals surface area contributed by atoms with E-state index in [1.165, 1.54) is 0 Å². The first-order valence-corrected chi connectivity index (χ1v) is 8.20. The maximum absolute atomic E-state index is 10.2. The maximum atomic E-state index is 10.2. The van der Waals surface area contributed by atoms with Crippen molar-refractivity contribution in [3.8, 4) is 0 Å². The molecule has 0 radical (unpaired) electrons. The Labute approximate surface area is 124 Å². The summed E-state index contributed by atoms with van der Waals surface area (Å²) in [7, 11) is 2.03. The van der Waals surface area contributed by atoms with Gasteiger partial charge in [0.25, 0.3) is 0 Å². The third-order valence-electron chi connectivity index (χ3n) is 3.45. The van der Waals surface area contributed by atoms with Crippen LogP contribution in [0.4, 0.5) is 0 Å². The van der Waals surface area contributed by atoms with Crippen LogP contribution in [-0.2, 0) is 7.05 Å². The van der Waals surface area contributed by atoms with Gasteiger partial charge in [-0.3, -0.25) is 0 Å². The number of imidazole rings is 1. The number of benzene rings is 1. The van der Waals surface area contributed by atoms with E-state index in [9.17, 15) is 5.11 Å². The van der Waals surface area contributed by atoms with Crippen LogP contribution in [0.3, 0.4) is 0 Å². The standard InChI is InChI=1S/C15H23N3OS/c1-11(16-9-15(2,19)10-20-4)14-17-12-7-5-6-8-13(12)18(14)3/h5-8,11,16,19H,9-10H2,1-4H3. The van der Waals surface area contributed by atoms with E-state index in [-0.39, 0.29) is 6.04 Å². The van der Waals surface area contributed by atoms with E-state index in [0.717, 1.165) is 22.6 Å². The van der Waals surface area contributed by atoms with Crippen molar-refractivity contribution in [3.05, 3.63) is 30.1 Å². The molecule has 1 aromatic heterocycles. The number of aromatic nitrogens is 2. The van der Waals surface area contributed by atoms with Crippen molar-refractivity contribution < 1.29 is 5.11 Å². The SMILES string of the molecule is CSCC(C)(O)CNC(C)c1nc2ccccc2n1C. The van der Waals surface area contributed by atoms with Crippen molar-refractivity contribution in [2.75, 3.05) is 18.6 Å². The first kappa shape index (κ1) is 15.4. The lowest BCUT2D eigenvalue weighted by molar-refractivity contribution is 0.0816. The Bertz CT molecular complexity index is 580. The zero-order valence-corrected chi connectivity index (χ0v) is 13.4. The minimum Gasteiger partial charge on any atom is -0.388 e. The molecule has 0 fully saturated rings. The fourth-order valence-corrected chi connectivity index (χ4v) is 3.10. The second-order valence-electron chi connectivity index (χ2n) is 5.55. The molecule has 0 aliphatic rings. The number of thioether (sulfide) groups is 1. The molecule has 0 bridgehead atoms. The van der Waals surface area contributed by atoms with Crippen molar-refractivity contribution in [2.45, 2.75) is 25.5 Å². The minimum atomic E-state index is -0.696. The van der Waals surface area contributed by atoms with Gasteiger partial charge in [0.15, 0.2) is 0 Å². The summed E-state index contributed by atoms with van der Waals surface area (Å²) in [5.74, 6) is 1.71. The number of aryl methyl sites for hydroxylation is 1. The number of para-hydroxylation sites is 2. The number of nitrogens with one attached hydrogen (secondary N) is 1. The van der Waals surface area contributed by atoms with Crippen LogP contribution in [0, 0.1) is 0 Å². The highest BCUT2D eigenvalue weighted by atomic mass is 32.2. The third kappa shape index (κ3) is 3.34. The summed E-state index contributed by atoms with van der Waals surface area (Å²) < 4.78 is 2.11. The minimum absolute atomic E-state index is 0.0979. The van der Waals surface area contributed by atoms with Crippen LogP contribution in [-0.4, -0.2) is 38.8 Å². The summed E-state index contributed by atoms with van der Waals surface area (Å²) in [6.07, 6.45) is 2.00. The number of fused-ring (bicyclic) bond motifs is 1. The Morgan fingerprint density at radius 3 is 2.80 bits per heavy atom. The molecule has 2 atom stereocenters. The van der Waals surface area contributed by atoms with Gasteiger partial charge in [-0.2, -0.15) is 11.8 Å². The predicted octanol–water partition coefficient (Wildman–Crippen LogP) is 2.34. The molecule has 2 N–H and O–H groups in total. The number of rotatable bonds is 6. The van der Waals surface area contributed by atoms with Crippen LogP contribution < -0.4 is 5.32 Å². The zero-order chi connectivity index (χ0) is 14.8. The summed E-state index contributed by atoms with van der Waals surface area (Å²) in [5, 5.41) is 13.6. The van der Waals surface area contributed by atoms with Crippen molar-refractivity contribution >= 4 is 22.8 Å². The van der Waals surface area contributed by atoms with Gasteiger partial charge in [-0.25, -0.2) is 4.98 Å². The monoisotopic (exact) mass is 293 g/mol. The van der Waals surface area contributed by atoms with Gasteiger partial charge in [-0.1, -0.05) is 12.1 Å². The highest BCUT2D eigenvalue weighted by Crippen LogP contribution is 2.20. The van der Waals surface area contributed by atoms with E-state index in [1.807, 2.05) is 38.4 Å². The first-order valence-electron chi connectivity index (χ1n) is 6.80. The van der Waals surface area contributed by atoms with Gasteiger partial charge in [0.2, 0.25) is 0 Å². The molecule has 0 aliphatic heterocycles. The van der Waals surface area contributed by atoms with Gasteiger partial charge in [-0.15, -0.1) is 0 Å². The van der Waals surface area contributed by atoms with Gasteiger partial charge in [0.1, 0.15) is 5.82 Å². The van der Waals surface area contributed by atoms with Gasteiger partial charge >= 0.3 is 0 Å². The lowest BCUT2D eigenvalue weighted by Crippen LogP contribution is -2.41. The molecule has 0 aliphatic carbocycles. The quantitative estimate of drug-likeness (QED) is 0.858. The molecular weight excluding hydrogens is 270 g/mol. The van der Waals surface area contributed by atoms with Gasteiger partial charge < -0.3 is 15.0 Å². The third-order valence-corrected chi connectivity index (χ3v) is 4.36. The Kier molecular flexibility index (Phi) is 4.73. The molecule has 4 nitrogen and oxygen atoms in total. The smallest absolute Gasteiger partial charge is 0.126 e. The molecule has 0 amide bonds. The molecule has 0 saturated heterocycles. The van der Waals surface area contributed by atoms with E-state index >= 15 is 0 Å². The molecule has 0 saturated carbocycles. The van der Waals surface area contributed by atoms with E-state index < -0.39 is 5.60 Å². The molecule has 5 heteroatoms. The predicted molar refractivity (Wildman–Crippen MR) is 86.1 cm³/mol. The Morgan fingerprint density at radius 2 is 2.15 bits per heavy atom. The first-order chi connectivity index (χ1) is 9.44. The largest absolute Gasteiger partial charge is 0.388 e. The molecule has 0 spiro atoms. The number of aliphatic hydroxyl groups is 1. The van der Waals surface area contributed by atoms with Crippen LogP contribution in [0.2, 0.25) is 0 Å². The Balaban J connectivity index is 2.11. The van der Waals surface area contributed by atoms with Crippen molar-refractivity contribution in [1.82, 2.24) is 14.9 Å². The lowest BCUT2D eigenvalue weighted by Gasteiger charge is -2.25. The number of hydrogen-bond acceptors (Lipinski definition) is 4. The average molecular weight is 293 g/mol. The van der Waals surface area contributed by atoms with Gasteiger partial charge in [0, 0.05) is 19.3 Å². The van der Waals surface area contributed by atoms with E-state index in [0.29, 0.717) is 6.54 Å². The zero-order valence-electron chi connectivity index (χ0n) is 12.6. The van der Waals surface area contributed by atoms with Gasteiger partial charge in [-0.05, 0) is 32.2 Å². The molecular formula is C15H23N3OS. The Hall–Kier alpha value is -1.04. The molecule has 110 valence electrons. The summed E-state index contributed by atoms with van der Waals surface area (Å²) in [5.41, 5.74) is 1.44. The van der Waals surface area contributed by atoms with E-state index in [4.69, 9.17) is 0 Å². The Morgan fingerprint density at radius 1 is 1.45 bits per heavy atom. The van der Waals surface area contributed by atoms with Crippen LogP contribution in [0.1, 0.15) is 25.7 Å². The van der Waals surface area contributed by atoms with Gasteiger partial charge in [0.05, 0.1) is 22.7 Å². The molecule has 2 aromatic rings. The summed E-state index contributed by atoms with van der Waals surface area (Å²) in [4.78, 5) is 4.67. The van der Waals surface area contributed by atoms with Crippen LogP contribution in [0.25, 0.3) is 11.0 Å². The number of hydrogen-bond donors (Lipinski definition) is 2. The fourth-order valence-electron chi connectivity index (χ4n) is 2.38. The highest BCUT2D eigenvalue weighted by Gasteiger charge is 2.22. The number of nitrogens with zero attached hydrogens (tertiary/aromatic N) is 2. The summed E-state index contributed by atoms with van der Waals surface area (Å²) in [6, 6.07) is 8.22. The average Bonchev–Trinajstić information content (AvgIpc) is 2.74. The van der Waals surface area contributed by atoms with Crippen molar-refractivity contribution in [3.63, 3.8) is 0 Å². The van der Waals surface area contributed by atoms with E-state index in [2.05, 4.69) is 27.9 Å². The molecule has 20 heavy (non-hydrogen) atoms. The topological polar surface area (TPSA) is 50.1 Å². The van der Waals surface area contributed by atoms with E-state index in [1.54, 1.807) is 11.8 Å². The van der Waals surface area contributed by atoms with Crippen molar-refractivity contribution in [2.24, 2.45) is 7.05 Å². The molecule has 2 rings (SSSR count). The maximum Gasteiger partial charge on any atom is 0.126 e. The summed E-state index contributed by atoms with van der Waals surface area (Å²) in [6.45, 7) is 4.49. The van der Waals surface area contributed by atoms with Crippen LogP contribution in [0.5, 0.6) is 0 Å². The highest BCUT2D eigenvalue weighted by molar-refractivity contribution is 7.98. The van der Waals surface area contributed by atoms with Crippen LogP contribution >= 0.6 is 11.8 Å². The molecule has 1 heterocycles. The lowest BCUT2D eigenvalue weighted by atomic mass is 10.1. The second kappa shape index (κ2) is 6.16. The molecule has 2 unspecified atom stereocenters. The van der Waals surface area contributed by atoms with Crippen molar-refractivity contribution in [1.29, 1.82) is 0 Å². The fraction of sp³-hybridized carbons (Fsp3) is 0.533. The second-order valence-corrected chi connectivity index (χ2v) is 6.42. The normalized spacial score (nSPS) is 16.2. The molecule has 1 aromatic carbocycles. The summed E-state index contributed by atoms with van der Waals surface area (Å²) >= 11 is 1.65.